The summed E-state index contributed by atoms with van der Waals surface area (Å²) in [6.45, 7) is 6.26. The lowest BCUT2D eigenvalue weighted by Gasteiger charge is -1.98. The highest BCUT2D eigenvalue weighted by atomic mass is 14.9. The summed E-state index contributed by atoms with van der Waals surface area (Å²) < 4.78 is 2.18. The first-order valence-corrected chi connectivity index (χ1v) is 4.09. The minimum absolute atomic E-state index is 1.06. The van der Waals surface area contributed by atoms with Gasteiger partial charge in [-0.2, -0.15) is 0 Å². The normalized spacial score (nSPS) is 10.9. The molecule has 2 rings (SSSR count). The van der Waals surface area contributed by atoms with Crippen molar-refractivity contribution < 1.29 is 0 Å². The molecule has 0 aliphatic carbocycles. The van der Waals surface area contributed by atoms with Crippen molar-refractivity contribution in [3.05, 3.63) is 35.4 Å². The molecule has 0 aliphatic rings. The van der Waals surface area contributed by atoms with E-state index in [-0.39, 0.29) is 0 Å². The molecule has 0 aromatic carbocycles. The number of aryl methyl sites for hydroxylation is 3. The molecule has 0 amide bonds. The molecule has 62 valence electrons. The van der Waals surface area contributed by atoms with Crippen LogP contribution in [-0.4, -0.2) is 9.38 Å². The van der Waals surface area contributed by atoms with Crippen LogP contribution < -0.4 is 0 Å². The van der Waals surface area contributed by atoms with E-state index in [1.807, 2.05) is 13.1 Å². The first-order chi connectivity index (χ1) is 5.68. The minimum Gasteiger partial charge on any atom is -0.318 e. The molecule has 2 aromatic rings. The molecule has 0 unspecified atom stereocenters. The Morgan fingerprint density at radius 2 is 2.00 bits per heavy atom. The van der Waals surface area contributed by atoms with Crippen molar-refractivity contribution in [2.75, 3.05) is 0 Å². The second-order valence-electron chi connectivity index (χ2n) is 3.24. The zero-order chi connectivity index (χ0) is 8.72. The molecule has 2 aromatic heterocycles. The fraction of sp³-hybridized carbons (Fsp3) is 0.300. The third-order valence-corrected chi connectivity index (χ3v) is 2.29. The van der Waals surface area contributed by atoms with Gasteiger partial charge in [-0.15, -0.1) is 0 Å². The summed E-state index contributed by atoms with van der Waals surface area (Å²) in [5.74, 6) is 0. The van der Waals surface area contributed by atoms with Crippen LogP contribution in [0.5, 0.6) is 0 Å². The number of aromatic nitrogens is 2. The van der Waals surface area contributed by atoms with Crippen molar-refractivity contribution in [1.29, 1.82) is 0 Å². The summed E-state index contributed by atoms with van der Waals surface area (Å²) in [5, 5.41) is 0. The quantitative estimate of drug-likeness (QED) is 0.577. The summed E-state index contributed by atoms with van der Waals surface area (Å²) in [7, 11) is 0. The van der Waals surface area contributed by atoms with Gasteiger partial charge in [0, 0.05) is 11.9 Å². The highest BCUT2D eigenvalue weighted by Gasteiger charge is 2.01. The van der Waals surface area contributed by atoms with Crippen LogP contribution in [0.15, 0.2) is 18.5 Å². The van der Waals surface area contributed by atoms with E-state index in [2.05, 4.69) is 35.5 Å². The zero-order valence-corrected chi connectivity index (χ0v) is 7.63. The molecule has 0 fully saturated rings. The SMILES string of the molecule is Cc1cn2c(C)c(C)cc2cn1. The predicted molar refractivity (Wildman–Crippen MR) is 49.4 cm³/mol. The van der Waals surface area contributed by atoms with Gasteiger partial charge in [0.2, 0.25) is 0 Å². The Morgan fingerprint density at radius 1 is 1.25 bits per heavy atom. The lowest BCUT2D eigenvalue weighted by molar-refractivity contribution is 1.03. The van der Waals surface area contributed by atoms with E-state index in [0.717, 1.165) is 5.69 Å². The van der Waals surface area contributed by atoms with E-state index in [1.54, 1.807) is 0 Å². The van der Waals surface area contributed by atoms with Crippen LogP contribution in [0.2, 0.25) is 0 Å². The van der Waals surface area contributed by atoms with Gasteiger partial charge in [0.1, 0.15) is 0 Å². The lowest BCUT2D eigenvalue weighted by Crippen LogP contribution is -1.90. The molecule has 12 heavy (non-hydrogen) atoms. The van der Waals surface area contributed by atoms with Gasteiger partial charge in [0.05, 0.1) is 17.4 Å². The Bertz CT molecular complexity index is 427. The lowest BCUT2D eigenvalue weighted by atomic mass is 10.3. The van der Waals surface area contributed by atoms with Gasteiger partial charge in [-0.3, -0.25) is 4.98 Å². The monoisotopic (exact) mass is 160 g/mol. The maximum Gasteiger partial charge on any atom is 0.0639 e. The maximum absolute atomic E-state index is 4.24. The Kier molecular flexibility index (Phi) is 1.43. The smallest absolute Gasteiger partial charge is 0.0639 e. The van der Waals surface area contributed by atoms with Gasteiger partial charge in [0.25, 0.3) is 0 Å². The van der Waals surface area contributed by atoms with Crippen LogP contribution >= 0.6 is 0 Å². The number of rotatable bonds is 0. The maximum atomic E-state index is 4.24. The molecule has 0 atom stereocenters. The van der Waals surface area contributed by atoms with Crippen molar-refractivity contribution in [2.24, 2.45) is 0 Å². The molecule has 0 N–H and O–H groups in total. The molecule has 0 bridgehead atoms. The van der Waals surface area contributed by atoms with Crippen molar-refractivity contribution >= 4 is 5.52 Å². The van der Waals surface area contributed by atoms with Crippen LogP contribution in [0.1, 0.15) is 17.0 Å². The number of nitrogens with zero attached hydrogens (tertiary/aromatic N) is 2. The first kappa shape index (κ1) is 7.35. The van der Waals surface area contributed by atoms with E-state index in [1.165, 1.54) is 16.8 Å². The molecular formula is C10H12N2. The standard InChI is InChI=1S/C10H12N2/c1-7-4-10-5-11-8(2)6-12(10)9(7)3/h4-6H,1-3H3. The van der Waals surface area contributed by atoms with E-state index < -0.39 is 0 Å². The first-order valence-electron chi connectivity index (χ1n) is 4.09. The largest absolute Gasteiger partial charge is 0.318 e. The Balaban J connectivity index is 2.88. The summed E-state index contributed by atoms with van der Waals surface area (Å²) in [5.41, 5.74) is 4.86. The minimum atomic E-state index is 1.06. The highest BCUT2D eigenvalue weighted by molar-refractivity contribution is 5.51. The summed E-state index contributed by atoms with van der Waals surface area (Å²) in [6, 6.07) is 2.15. The fourth-order valence-electron chi connectivity index (χ4n) is 1.44. The van der Waals surface area contributed by atoms with Gasteiger partial charge in [0.15, 0.2) is 0 Å². The van der Waals surface area contributed by atoms with Crippen LogP contribution in [0.25, 0.3) is 5.52 Å². The molecule has 0 aliphatic heterocycles. The van der Waals surface area contributed by atoms with Crippen molar-refractivity contribution in [1.82, 2.24) is 9.38 Å². The molecule has 0 spiro atoms. The van der Waals surface area contributed by atoms with Crippen molar-refractivity contribution in [2.45, 2.75) is 20.8 Å². The van der Waals surface area contributed by atoms with E-state index >= 15 is 0 Å². The Morgan fingerprint density at radius 3 is 2.75 bits per heavy atom. The van der Waals surface area contributed by atoms with Crippen LogP contribution in [0, 0.1) is 20.8 Å². The second-order valence-corrected chi connectivity index (χ2v) is 3.24. The third kappa shape index (κ3) is 0.916. The third-order valence-electron chi connectivity index (χ3n) is 2.29. The number of hydrogen-bond acceptors (Lipinski definition) is 1. The fourth-order valence-corrected chi connectivity index (χ4v) is 1.44. The molecule has 2 heteroatoms. The van der Waals surface area contributed by atoms with E-state index in [9.17, 15) is 0 Å². The topological polar surface area (TPSA) is 17.3 Å². The van der Waals surface area contributed by atoms with Crippen LogP contribution in [-0.2, 0) is 0 Å². The van der Waals surface area contributed by atoms with Crippen molar-refractivity contribution in [3.8, 4) is 0 Å². The molecular weight excluding hydrogens is 148 g/mol. The van der Waals surface area contributed by atoms with Crippen LogP contribution in [0.4, 0.5) is 0 Å². The highest BCUT2D eigenvalue weighted by Crippen LogP contribution is 2.13. The summed E-state index contributed by atoms with van der Waals surface area (Å²) >= 11 is 0. The van der Waals surface area contributed by atoms with Crippen molar-refractivity contribution in [3.63, 3.8) is 0 Å². The summed E-state index contributed by atoms with van der Waals surface area (Å²) in [6.07, 6.45) is 3.98. The molecule has 0 radical (unpaired) electrons. The summed E-state index contributed by atoms with van der Waals surface area (Å²) in [4.78, 5) is 4.24. The van der Waals surface area contributed by atoms with Crippen LogP contribution in [0.3, 0.4) is 0 Å². The molecule has 2 heterocycles. The Labute approximate surface area is 71.9 Å². The average Bonchev–Trinajstić information content (AvgIpc) is 2.31. The van der Waals surface area contributed by atoms with Gasteiger partial charge in [-0.05, 0) is 32.4 Å². The molecule has 0 saturated carbocycles. The molecule has 0 saturated heterocycles. The van der Waals surface area contributed by atoms with Gasteiger partial charge >= 0.3 is 0 Å². The van der Waals surface area contributed by atoms with E-state index in [0.29, 0.717) is 0 Å². The molecule has 2 nitrogen and oxygen atoms in total. The predicted octanol–water partition coefficient (Wildman–Crippen LogP) is 2.26. The number of fused-ring (bicyclic) bond motifs is 1. The van der Waals surface area contributed by atoms with E-state index in [4.69, 9.17) is 0 Å². The van der Waals surface area contributed by atoms with Gasteiger partial charge < -0.3 is 4.40 Å². The number of hydrogen-bond donors (Lipinski definition) is 0. The zero-order valence-electron chi connectivity index (χ0n) is 7.63. The Hall–Kier alpha value is -1.31. The average molecular weight is 160 g/mol. The second kappa shape index (κ2) is 2.34. The van der Waals surface area contributed by atoms with Gasteiger partial charge in [-0.25, -0.2) is 0 Å². The van der Waals surface area contributed by atoms with Gasteiger partial charge in [-0.1, -0.05) is 0 Å².